The molecule has 1 atom stereocenters. The van der Waals surface area contributed by atoms with Crippen molar-refractivity contribution in [1.29, 1.82) is 0 Å². The Labute approximate surface area is 180 Å². The molecule has 0 aliphatic heterocycles. The van der Waals surface area contributed by atoms with Crippen molar-refractivity contribution in [3.8, 4) is 0 Å². The van der Waals surface area contributed by atoms with Crippen LogP contribution in [0.4, 0.5) is 0 Å². The highest BCUT2D eigenvalue weighted by Crippen LogP contribution is 2.18. The van der Waals surface area contributed by atoms with Crippen molar-refractivity contribution in [3.05, 3.63) is 71.3 Å². The molecule has 2 aromatic carbocycles. The molecule has 30 heavy (non-hydrogen) atoms. The summed E-state index contributed by atoms with van der Waals surface area (Å²) in [6.07, 6.45) is 6.73. The first kappa shape index (κ1) is 22.1. The highest BCUT2D eigenvalue weighted by Gasteiger charge is 2.27. The highest BCUT2D eigenvalue weighted by molar-refractivity contribution is 5.88. The number of rotatable bonds is 8. The molecule has 2 amide bonds. The number of nitrogens with zero attached hydrogens (tertiary/aromatic N) is 1. The Balaban J connectivity index is 1.69. The zero-order chi connectivity index (χ0) is 21.3. The van der Waals surface area contributed by atoms with Crippen molar-refractivity contribution in [1.82, 2.24) is 10.2 Å². The molecule has 1 N–H and O–H groups in total. The molecule has 0 spiro atoms. The zero-order valence-electron chi connectivity index (χ0n) is 18.3. The van der Waals surface area contributed by atoms with Crippen LogP contribution in [0, 0.1) is 6.92 Å². The van der Waals surface area contributed by atoms with Crippen molar-refractivity contribution < 1.29 is 9.59 Å². The van der Waals surface area contributed by atoms with Crippen molar-refractivity contribution in [2.75, 3.05) is 6.54 Å². The molecule has 0 heterocycles. The van der Waals surface area contributed by atoms with E-state index < -0.39 is 6.04 Å². The third-order valence-electron chi connectivity index (χ3n) is 6.04. The first-order valence-electron chi connectivity index (χ1n) is 11.2. The number of hydrogen-bond acceptors (Lipinski definition) is 2. The van der Waals surface area contributed by atoms with Gasteiger partial charge in [-0.25, -0.2) is 0 Å². The van der Waals surface area contributed by atoms with Gasteiger partial charge in [0, 0.05) is 12.6 Å². The molecular weight excluding hydrogens is 372 g/mol. The topological polar surface area (TPSA) is 49.4 Å². The normalized spacial score (nSPS) is 15.4. The molecule has 4 nitrogen and oxygen atoms in total. The monoisotopic (exact) mass is 406 g/mol. The van der Waals surface area contributed by atoms with E-state index in [-0.39, 0.29) is 17.9 Å². The quantitative estimate of drug-likeness (QED) is 0.704. The van der Waals surface area contributed by atoms with Gasteiger partial charge in [0.2, 0.25) is 11.8 Å². The largest absolute Gasteiger partial charge is 0.352 e. The van der Waals surface area contributed by atoms with Gasteiger partial charge >= 0.3 is 0 Å². The van der Waals surface area contributed by atoms with E-state index in [4.69, 9.17) is 0 Å². The van der Waals surface area contributed by atoms with E-state index in [9.17, 15) is 9.59 Å². The van der Waals surface area contributed by atoms with Crippen molar-refractivity contribution in [3.63, 3.8) is 0 Å². The summed E-state index contributed by atoms with van der Waals surface area (Å²) in [5.41, 5.74) is 3.30. The van der Waals surface area contributed by atoms with Gasteiger partial charge in [-0.1, -0.05) is 79.4 Å². The summed E-state index contributed by atoms with van der Waals surface area (Å²) in [5, 5.41) is 3.19. The second-order valence-electron chi connectivity index (χ2n) is 8.51. The van der Waals surface area contributed by atoms with Gasteiger partial charge in [-0.2, -0.15) is 0 Å². The van der Waals surface area contributed by atoms with Gasteiger partial charge in [-0.15, -0.1) is 0 Å². The fourth-order valence-electron chi connectivity index (χ4n) is 4.24. The molecule has 1 aliphatic carbocycles. The predicted octanol–water partition coefficient (Wildman–Crippen LogP) is 4.45. The lowest BCUT2D eigenvalue weighted by Gasteiger charge is -2.31. The number of nitrogens with one attached hydrogen (secondary N) is 1. The molecule has 0 aromatic heterocycles. The fraction of sp³-hybridized carbons (Fsp3) is 0.462. The van der Waals surface area contributed by atoms with Crippen LogP contribution in [0.25, 0.3) is 0 Å². The standard InChI is InChI=1S/C26H34N2O2/c1-20-10-9-13-23(18-20)19-25(29)28(17-16-22-11-5-3-6-12-22)21(2)26(30)27-24-14-7-4-8-15-24/h3,5-6,9-13,18,21,24H,4,7-8,14-17,19H2,1-2H3,(H,27,30)/t21-/m0/s1. The summed E-state index contributed by atoms with van der Waals surface area (Å²) < 4.78 is 0. The third kappa shape index (κ3) is 6.45. The molecule has 160 valence electrons. The first-order valence-corrected chi connectivity index (χ1v) is 11.2. The van der Waals surface area contributed by atoms with Gasteiger partial charge in [-0.3, -0.25) is 9.59 Å². The maximum absolute atomic E-state index is 13.2. The van der Waals surface area contributed by atoms with Crippen LogP contribution in [-0.4, -0.2) is 35.3 Å². The lowest BCUT2D eigenvalue weighted by molar-refractivity contribution is -0.139. The van der Waals surface area contributed by atoms with E-state index in [1.165, 1.54) is 24.8 Å². The van der Waals surface area contributed by atoms with Crippen LogP contribution in [0.2, 0.25) is 0 Å². The predicted molar refractivity (Wildman–Crippen MR) is 121 cm³/mol. The lowest BCUT2D eigenvalue weighted by atomic mass is 9.95. The number of aryl methyl sites for hydroxylation is 1. The van der Waals surface area contributed by atoms with Gasteiger partial charge in [0.15, 0.2) is 0 Å². The number of amides is 2. The Hall–Kier alpha value is -2.62. The van der Waals surface area contributed by atoms with Crippen LogP contribution in [0.15, 0.2) is 54.6 Å². The smallest absolute Gasteiger partial charge is 0.242 e. The summed E-state index contributed by atoms with van der Waals surface area (Å²) in [6.45, 7) is 4.42. The zero-order valence-corrected chi connectivity index (χ0v) is 18.3. The molecule has 0 unspecified atom stereocenters. The molecule has 0 radical (unpaired) electrons. The molecule has 0 bridgehead atoms. The van der Waals surface area contributed by atoms with Crippen LogP contribution in [0.1, 0.15) is 55.7 Å². The minimum absolute atomic E-state index is 0.00262. The van der Waals surface area contributed by atoms with Gasteiger partial charge in [0.25, 0.3) is 0 Å². The van der Waals surface area contributed by atoms with E-state index in [2.05, 4.69) is 17.4 Å². The maximum Gasteiger partial charge on any atom is 0.242 e. The number of benzene rings is 2. The Bertz CT molecular complexity index is 828. The third-order valence-corrected chi connectivity index (χ3v) is 6.04. The minimum atomic E-state index is -0.479. The first-order chi connectivity index (χ1) is 14.5. The summed E-state index contributed by atoms with van der Waals surface area (Å²) in [6, 6.07) is 17.9. The van der Waals surface area contributed by atoms with Crippen molar-refractivity contribution in [2.45, 2.75) is 70.9 Å². The minimum Gasteiger partial charge on any atom is -0.352 e. The second kappa shape index (κ2) is 11.0. The van der Waals surface area contributed by atoms with Gasteiger partial charge in [0.05, 0.1) is 6.42 Å². The number of hydrogen-bond donors (Lipinski definition) is 1. The number of carbonyl (C=O) groups excluding carboxylic acids is 2. The average Bonchev–Trinajstić information content (AvgIpc) is 2.75. The molecular formula is C26H34N2O2. The Kier molecular flexibility index (Phi) is 8.06. The Morgan fingerprint density at radius 3 is 2.40 bits per heavy atom. The van der Waals surface area contributed by atoms with Crippen LogP contribution < -0.4 is 5.32 Å². The molecule has 1 saturated carbocycles. The molecule has 3 rings (SSSR count). The lowest BCUT2D eigenvalue weighted by Crippen LogP contribution is -2.51. The van der Waals surface area contributed by atoms with Gasteiger partial charge < -0.3 is 10.2 Å². The van der Waals surface area contributed by atoms with Crippen molar-refractivity contribution in [2.24, 2.45) is 0 Å². The van der Waals surface area contributed by atoms with Crippen LogP contribution >= 0.6 is 0 Å². The average molecular weight is 407 g/mol. The summed E-state index contributed by atoms with van der Waals surface area (Å²) >= 11 is 0. The van der Waals surface area contributed by atoms with Crippen molar-refractivity contribution >= 4 is 11.8 Å². The summed E-state index contributed by atoms with van der Waals surface area (Å²) in [7, 11) is 0. The van der Waals surface area contributed by atoms with Crippen LogP contribution in [0.5, 0.6) is 0 Å². The molecule has 2 aromatic rings. The number of carbonyl (C=O) groups is 2. The molecule has 0 saturated heterocycles. The second-order valence-corrected chi connectivity index (χ2v) is 8.51. The van der Waals surface area contributed by atoms with E-state index in [1.807, 2.05) is 56.3 Å². The molecule has 1 aliphatic rings. The van der Waals surface area contributed by atoms with E-state index in [0.717, 1.165) is 30.4 Å². The Morgan fingerprint density at radius 1 is 1.00 bits per heavy atom. The highest BCUT2D eigenvalue weighted by atomic mass is 16.2. The fourth-order valence-corrected chi connectivity index (χ4v) is 4.24. The van der Waals surface area contributed by atoms with Crippen LogP contribution in [0.3, 0.4) is 0 Å². The van der Waals surface area contributed by atoms with E-state index in [0.29, 0.717) is 13.0 Å². The maximum atomic E-state index is 13.2. The molecule has 4 heteroatoms. The summed E-state index contributed by atoms with van der Waals surface area (Å²) in [5.74, 6) is -0.0321. The summed E-state index contributed by atoms with van der Waals surface area (Å²) in [4.78, 5) is 28.0. The van der Waals surface area contributed by atoms with E-state index in [1.54, 1.807) is 4.90 Å². The Morgan fingerprint density at radius 2 is 1.70 bits per heavy atom. The van der Waals surface area contributed by atoms with Crippen LogP contribution in [-0.2, 0) is 22.4 Å². The van der Waals surface area contributed by atoms with Gasteiger partial charge in [0.1, 0.15) is 6.04 Å². The molecule has 1 fully saturated rings. The van der Waals surface area contributed by atoms with E-state index >= 15 is 0 Å². The van der Waals surface area contributed by atoms with Gasteiger partial charge in [-0.05, 0) is 44.2 Å². The SMILES string of the molecule is Cc1cccc(CC(=O)N(CCc2ccccc2)[C@@H](C)C(=O)NC2CCCCC2)c1.